The summed E-state index contributed by atoms with van der Waals surface area (Å²) in [5.74, 6) is 0. The van der Waals surface area contributed by atoms with Gasteiger partial charge in [0.25, 0.3) is 0 Å². The van der Waals surface area contributed by atoms with Crippen LogP contribution in [-0.4, -0.2) is 25.1 Å². The first kappa shape index (κ1) is 15.3. The van der Waals surface area contributed by atoms with Crippen molar-refractivity contribution in [1.82, 2.24) is 0 Å². The van der Waals surface area contributed by atoms with Crippen molar-refractivity contribution in [3.05, 3.63) is 24.5 Å². The van der Waals surface area contributed by atoms with E-state index in [1.807, 2.05) is 6.92 Å². The molecule has 0 amide bonds. The van der Waals surface area contributed by atoms with Crippen LogP contribution in [0.5, 0.6) is 0 Å². The van der Waals surface area contributed by atoms with Crippen molar-refractivity contribution in [3.8, 4) is 0 Å². The fourth-order valence-electron chi connectivity index (χ4n) is 1.28. The second kappa shape index (κ2) is 5.48. The number of pyridine rings is 1. The van der Waals surface area contributed by atoms with Crippen LogP contribution in [-0.2, 0) is 15.7 Å². The Morgan fingerprint density at radius 1 is 1.17 bits per heavy atom. The molecule has 5 N–H and O–H groups in total. The van der Waals surface area contributed by atoms with Crippen LogP contribution in [0.3, 0.4) is 0 Å². The van der Waals surface area contributed by atoms with E-state index in [-0.39, 0.29) is 5.69 Å². The Morgan fingerprint density at radius 2 is 1.61 bits per heavy atom. The second-order valence-electron chi connectivity index (χ2n) is 3.61. The maximum atomic E-state index is 11.0. The Bertz CT molecular complexity index is 471. The summed E-state index contributed by atoms with van der Waals surface area (Å²) < 4.78 is 23.9. The highest BCUT2D eigenvalue weighted by Crippen LogP contribution is 2.59. The van der Waals surface area contributed by atoms with Gasteiger partial charge in [-0.1, -0.05) is 0 Å². The van der Waals surface area contributed by atoms with Crippen molar-refractivity contribution in [2.24, 2.45) is 0 Å². The molecule has 0 aliphatic heterocycles. The van der Waals surface area contributed by atoms with Gasteiger partial charge in [0.1, 0.15) is 6.54 Å². The van der Waals surface area contributed by atoms with Crippen LogP contribution in [0.2, 0.25) is 0 Å². The summed E-state index contributed by atoms with van der Waals surface area (Å²) in [6.45, 7) is 2.61. The Morgan fingerprint density at radius 3 is 1.94 bits per heavy atom. The molecule has 0 bridgehead atoms. The minimum atomic E-state index is -4.96. The monoisotopic (exact) mass is 297 g/mol. The smallest absolute Gasteiger partial charge is 0.360 e. The van der Waals surface area contributed by atoms with Gasteiger partial charge < -0.3 is 24.9 Å². The summed E-state index contributed by atoms with van der Waals surface area (Å²) in [5, 5.41) is 2.17. The fraction of sp³-hybridized carbons (Fsp3) is 0.375. The molecule has 1 aromatic heterocycles. The summed E-state index contributed by atoms with van der Waals surface area (Å²) >= 11 is 0. The normalized spacial score (nSPS) is 12.8. The zero-order valence-corrected chi connectivity index (χ0v) is 11.3. The molecule has 102 valence electrons. The van der Waals surface area contributed by atoms with Gasteiger partial charge in [-0.25, -0.2) is 4.57 Å². The van der Waals surface area contributed by atoms with E-state index in [9.17, 15) is 9.13 Å². The van der Waals surface area contributed by atoms with Gasteiger partial charge in [-0.2, -0.15) is 0 Å². The van der Waals surface area contributed by atoms with E-state index >= 15 is 0 Å². The van der Waals surface area contributed by atoms with Crippen LogP contribution in [0, 0.1) is 0 Å². The van der Waals surface area contributed by atoms with Crippen LogP contribution < -0.4 is 9.88 Å². The van der Waals surface area contributed by atoms with E-state index in [1.165, 1.54) is 12.1 Å². The SMILES string of the molecule is CC[n+]1ccc(NC(P(=O)(O)O)P(=O)(O)O)cc1. The standard InChI is InChI=1S/C8H14N2O6P2/c1-2-10-5-3-7(4-6-10)9-8(17(11,12)13)18(14,15)16/h3-6,8H,2H2,1H3,(H4,11,12,13,14,15,16)/p+1. The third-order valence-corrected chi connectivity index (χ3v) is 5.53. The topological polar surface area (TPSA) is 131 Å². The van der Waals surface area contributed by atoms with E-state index in [0.29, 0.717) is 6.54 Å². The molecule has 18 heavy (non-hydrogen) atoms. The molecule has 8 nitrogen and oxygen atoms in total. The first-order valence-corrected chi connectivity index (χ1v) is 8.37. The summed E-state index contributed by atoms with van der Waals surface area (Å²) in [4.78, 5) is 35.7. The molecule has 0 spiro atoms. The lowest BCUT2D eigenvalue weighted by molar-refractivity contribution is -0.693. The molecule has 0 aliphatic carbocycles. The molecule has 1 heterocycles. The molecule has 0 radical (unpaired) electrons. The van der Waals surface area contributed by atoms with Crippen LogP contribution in [0.25, 0.3) is 0 Å². The lowest BCUT2D eigenvalue weighted by atomic mass is 10.4. The Labute approximate surface area is 104 Å². The molecular weight excluding hydrogens is 282 g/mol. The summed E-state index contributed by atoms with van der Waals surface area (Å²) in [6.07, 6.45) is 3.25. The van der Waals surface area contributed by atoms with E-state index < -0.39 is 20.7 Å². The van der Waals surface area contributed by atoms with Crippen molar-refractivity contribution in [1.29, 1.82) is 0 Å². The lowest BCUT2D eigenvalue weighted by Gasteiger charge is -2.21. The quantitative estimate of drug-likeness (QED) is 0.383. The van der Waals surface area contributed by atoms with Crippen molar-refractivity contribution >= 4 is 20.9 Å². The van der Waals surface area contributed by atoms with Crippen LogP contribution in [0.4, 0.5) is 5.69 Å². The second-order valence-corrected chi connectivity index (χ2v) is 7.41. The first-order chi connectivity index (χ1) is 8.14. The zero-order chi connectivity index (χ0) is 14.0. The van der Waals surface area contributed by atoms with E-state index in [2.05, 4.69) is 5.32 Å². The number of nitrogens with zero attached hydrogens (tertiary/aromatic N) is 1. The van der Waals surface area contributed by atoms with E-state index in [1.54, 1.807) is 17.0 Å². The number of aromatic nitrogens is 1. The van der Waals surface area contributed by atoms with Crippen molar-refractivity contribution in [2.75, 3.05) is 5.32 Å². The van der Waals surface area contributed by atoms with Crippen LogP contribution >= 0.6 is 15.2 Å². The molecule has 0 atom stereocenters. The van der Waals surface area contributed by atoms with E-state index in [4.69, 9.17) is 19.6 Å². The van der Waals surface area contributed by atoms with Crippen molar-refractivity contribution < 1.29 is 33.3 Å². The molecule has 0 saturated carbocycles. The molecule has 0 aliphatic rings. The molecule has 0 fully saturated rings. The molecule has 0 saturated heterocycles. The predicted octanol–water partition coefficient (Wildman–Crippen LogP) is 0.0449. The van der Waals surface area contributed by atoms with Crippen LogP contribution in [0.1, 0.15) is 6.92 Å². The summed E-state index contributed by atoms with van der Waals surface area (Å²) in [6, 6.07) is 2.95. The Kier molecular flexibility index (Phi) is 4.66. The third-order valence-electron chi connectivity index (χ3n) is 2.19. The average Bonchev–Trinajstić information content (AvgIpc) is 2.23. The highest BCUT2D eigenvalue weighted by Gasteiger charge is 2.43. The van der Waals surface area contributed by atoms with Gasteiger partial charge in [-0.3, -0.25) is 9.13 Å². The molecule has 1 aromatic rings. The summed E-state index contributed by atoms with van der Waals surface area (Å²) in [5.41, 5.74) is -2.01. The van der Waals surface area contributed by atoms with Gasteiger partial charge in [0.2, 0.25) is 5.52 Å². The Balaban J connectivity index is 2.97. The minimum absolute atomic E-state index is 0.219. The number of anilines is 1. The van der Waals surface area contributed by atoms with Crippen molar-refractivity contribution in [3.63, 3.8) is 0 Å². The average molecular weight is 297 g/mol. The van der Waals surface area contributed by atoms with Gasteiger partial charge >= 0.3 is 15.2 Å². The van der Waals surface area contributed by atoms with Gasteiger partial charge in [0.05, 0.1) is 0 Å². The van der Waals surface area contributed by atoms with Crippen molar-refractivity contribution in [2.45, 2.75) is 19.0 Å². The highest BCUT2D eigenvalue weighted by molar-refractivity contribution is 7.71. The zero-order valence-electron chi connectivity index (χ0n) is 9.54. The number of rotatable bonds is 5. The lowest BCUT2D eigenvalue weighted by Crippen LogP contribution is -2.31. The molecule has 1 rings (SSSR count). The van der Waals surface area contributed by atoms with Crippen LogP contribution in [0.15, 0.2) is 24.5 Å². The Hall–Kier alpha value is -0.750. The molecule has 10 heteroatoms. The molecular formula is C8H15N2O6P2+. The third kappa shape index (κ3) is 4.17. The molecule has 0 unspecified atom stereocenters. The maximum Gasteiger partial charge on any atom is 0.360 e. The minimum Gasteiger partial charge on any atom is -0.361 e. The predicted molar refractivity (Wildman–Crippen MR) is 63.8 cm³/mol. The highest BCUT2D eigenvalue weighted by atomic mass is 31.2. The fourth-order valence-corrected chi connectivity index (χ4v) is 3.48. The number of hydrogen-bond donors (Lipinski definition) is 5. The first-order valence-electron chi connectivity index (χ1n) is 5.00. The number of nitrogens with one attached hydrogen (secondary N) is 1. The largest absolute Gasteiger partial charge is 0.361 e. The number of hydrogen-bond acceptors (Lipinski definition) is 3. The molecule has 0 aromatic carbocycles. The van der Waals surface area contributed by atoms with E-state index in [0.717, 1.165) is 0 Å². The van der Waals surface area contributed by atoms with Gasteiger partial charge in [0.15, 0.2) is 12.4 Å². The number of aryl methyl sites for hydroxylation is 1. The van der Waals surface area contributed by atoms with Gasteiger partial charge in [0, 0.05) is 17.8 Å². The maximum absolute atomic E-state index is 11.0. The van der Waals surface area contributed by atoms with Gasteiger partial charge in [-0.05, 0) is 6.92 Å². The summed E-state index contributed by atoms with van der Waals surface area (Å²) in [7, 11) is -9.93. The van der Waals surface area contributed by atoms with Gasteiger partial charge in [-0.15, -0.1) is 0 Å².